The highest BCUT2D eigenvalue weighted by atomic mass is 35.5. The summed E-state index contributed by atoms with van der Waals surface area (Å²) >= 11 is 5.91. The summed E-state index contributed by atoms with van der Waals surface area (Å²) < 4.78 is 13.3. The first-order valence-electron chi connectivity index (χ1n) is 7.21. The zero-order valence-corrected chi connectivity index (χ0v) is 12.1. The molecule has 2 aliphatic carbocycles. The summed E-state index contributed by atoms with van der Waals surface area (Å²) in [7, 11) is 2.03. The van der Waals surface area contributed by atoms with Gasteiger partial charge in [0.05, 0.1) is 5.02 Å². The minimum absolute atomic E-state index is 0.250. The molecule has 0 saturated heterocycles. The largest absolute Gasteiger partial charge is 0.319 e. The number of nitrogens with one attached hydrogen (secondary N) is 1. The lowest BCUT2D eigenvalue weighted by molar-refractivity contribution is 0.160. The van der Waals surface area contributed by atoms with Gasteiger partial charge in [-0.25, -0.2) is 4.39 Å². The van der Waals surface area contributed by atoms with Crippen LogP contribution in [0.2, 0.25) is 5.02 Å². The van der Waals surface area contributed by atoms with E-state index in [-0.39, 0.29) is 10.8 Å². The van der Waals surface area contributed by atoms with Crippen LogP contribution in [0.5, 0.6) is 0 Å². The highest BCUT2D eigenvalue weighted by Crippen LogP contribution is 2.57. The Morgan fingerprint density at radius 2 is 2.26 bits per heavy atom. The molecule has 0 radical (unpaired) electrons. The molecule has 0 heterocycles. The predicted octanol–water partition coefficient (Wildman–Crippen LogP) is 4.05. The maximum atomic E-state index is 13.3. The van der Waals surface area contributed by atoms with Crippen molar-refractivity contribution >= 4 is 11.6 Å². The normalized spacial score (nSPS) is 33.0. The molecule has 1 aromatic rings. The second-order valence-electron chi connectivity index (χ2n) is 6.40. The van der Waals surface area contributed by atoms with Crippen LogP contribution in [-0.2, 0) is 6.42 Å². The standard InChI is InChI=1S/C16H21ClFN/c1-19-10-16(8-11-2-4-13(16)6-11)9-12-3-5-15(18)14(17)7-12/h3,5,7,11,13,19H,2,4,6,8-10H2,1H3. The second-order valence-corrected chi connectivity index (χ2v) is 6.81. The number of benzene rings is 1. The van der Waals surface area contributed by atoms with Gasteiger partial charge < -0.3 is 5.32 Å². The summed E-state index contributed by atoms with van der Waals surface area (Å²) in [4.78, 5) is 0. The average Bonchev–Trinajstić information content (AvgIpc) is 2.95. The van der Waals surface area contributed by atoms with Crippen LogP contribution in [0.3, 0.4) is 0 Å². The highest BCUT2D eigenvalue weighted by Gasteiger charge is 2.50. The molecule has 1 aromatic carbocycles. The zero-order valence-electron chi connectivity index (χ0n) is 11.4. The van der Waals surface area contributed by atoms with Gasteiger partial charge in [0.25, 0.3) is 0 Å². The van der Waals surface area contributed by atoms with E-state index in [0.717, 1.165) is 24.8 Å². The topological polar surface area (TPSA) is 12.0 Å². The first-order chi connectivity index (χ1) is 9.13. The minimum Gasteiger partial charge on any atom is -0.319 e. The number of fused-ring (bicyclic) bond motifs is 2. The molecule has 2 bridgehead atoms. The summed E-state index contributed by atoms with van der Waals surface area (Å²) in [6.45, 7) is 1.06. The molecular formula is C16H21ClFN. The molecule has 2 fully saturated rings. The molecule has 3 rings (SSSR count). The van der Waals surface area contributed by atoms with E-state index in [0.29, 0.717) is 5.41 Å². The van der Waals surface area contributed by atoms with Gasteiger partial charge in [-0.1, -0.05) is 24.1 Å². The smallest absolute Gasteiger partial charge is 0.141 e. The Morgan fingerprint density at radius 1 is 1.42 bits per heavy atom. The van der Waals surface area contributed by atoms with Crippen LogP contribution in [0.25, 0.3) is 0 Å². The monoisotopic (exact) mass is 281 g/mol. The molecule has 3 unspecified atom stereocenters. The lowest BCUT2D eigenvalue weighted by atomic mass is 9.69. The second kappa shape index (κ2) is 5.06. The predicted molar refractivity (Wildman–Crippen MR) is 76.9 cm³/mol. The van der Waals surface area contributed by atoms with E-state index in [1.807, 2.05) is 13.1 Å². The van der Waals surface area contributed by atoms with Gasteiger partial charge in [-0.05, 0) is 67.7 Å². The maximum Gasteiger partial charge on any atom is 0.141 e. The highest BCUT2D eigenvalue weighted by molar-refractivity contribution is 6.30. The van der Waals surface area contributed by atoms with Crippen molar-refractivity contribution in [1.82, 2.24) is 5.32 Å². The number of hydrogen-bond donors (Lipinski definition) is 1. The van der Waals surface area contributed by atoms with Crippen LogP contribution in [-0.4, -0.2) is 13.6 Å². The van der Waals surface area contributed by atoms with E-state index in [9.17, 15) is 4.39 Å². The van der Waals surface area contributed by atoms with Crippen molar-refractivity contribution in [1.29, 1.82) is 0 Å². The van der Waals surface area contributed by atoms with Crippen LogP contribution in [0.4, 0.5) is 4.39 Å². The Labute approximate surface area is 119 Å². The lowest BCUT2D eigenvalue weighted by Gasteiger charge is -2.38. The molecule has 1 nitrogen and oxygen atoms in total. The first-order valence-corrected chi connectivity index (χ1v) is 7.59. The Hall–Kier alpha value is -0.600. The molecular weight excluding hydrogens is 261 g/mol. The average molecular weight is 282 g/mol. The van der Waals surface area contributed by atoms with Crippen molar-refractivity contribution in [3.8, 4) is 0 Å². The van der Waals surface area contributed by atoms with Crippen LogP contribution >= 0.6 is 11.6 Å². The maximum absolute atomic E-state index is 13.3. The van der Waals surface area contributed by atoms with Gasteiger partial charge >= 0.3 is 0 Å². The van der Waals surface area contributed by atoms with Crippen molar-refractivity contribution < 1.29 is 4.39 Å². The third-order valence-corrected chi connectivity index (χ3v) is 5.46. The summed E-state index contributed by atoms with van der Waals surface area (Å²) in [5, 5.41) is 3.62. The lowest BCUT2D eigenvalue weighted by Crippen LogP contribution is -2.39. The zero-order chi connectivity index (χ0) is 13.5. The molecule has 1 N–H and O–H groups in total. The number of rotatable bonds is 4. The minimum atomic E-state index is -0.318. The van der Waals surface area contributed by atoms with Crippen LogP contribution < -0.4 is 5.32 Å². The number of halogens is 2. The van der Waals surface area contributed by atoms with Gasteiger partial charge in [-0.3, -0.25) is 0 Å². The van der Waals surface area contributed by atoms with Gasteiger partial charge in [0.15, 0.2) is 0 Å². The van der Waals surface area contributed by atoms with Crippen molar-refractivity contribution in [2.45, 2.75) is 32.1 Å². The summed E-state index contributed by atoms with van der Waals surface area (Å²) in [6, 6.07) is 5.20. The molecule has 0 spiro atoms. The number of hydrogen-bond acceptors (Lipinski definition) is 1. The quantitative estimate of drug-likeness (QED) is 0.878. The van der Waals surface area contributed by atoms with E-state index in [1.54, 1.807) is 6.07 Å². The van der Waals surface area contributed by atoms with Crippen LogP contribution in [0.1, 0.15) is 31.2 Å². The Morgan fingerprint density at radius 3 is 2.84 bits per heavy atom. The Balaban J connectivity index is 1.84. The van der Waals surface area contributed by atoms with E-state index >= 15 is 0 Å². The summed E-state index contributed by atoms with van der Waals surface area (Å²) in [5.41, 5.74) is 1.54. The van der Waals surface area contributed by atoms with E-state index in [1.165, 1.54) is 37.3 Å². The molecule has 0 aromatic heterocycles. The molecule has 3 atom stereocenters. The fourth-order valence-electron chi connectivity index (χ4n) is 4.46. The van der Waals surface area contributed by atoms with Crippen LogP contribution in [0, 0.1) is 23.1 Å². The van der Waals surface area contributed by atoms with Gasteiger partial charge in [0, 0.05) is 6.54 Å². The third kappa shape index (κ3) is 2.41. The van der Waals surface area contributed by atoms with Crippen molar-refractivity contribution in [2.75, 3.05) is 13.6 Å². The summed E-state index contributed by atoms with van der Waals surface area (Å²) in [6.07, 6.45) is 6.49. The molecule has 0 amide bonds. The van der Waals surface area contributed by atoms with Gasteiger partial charge in [-0.15, -0.1) is 0 Å². The van der Waals surface area contributed by atoms with Crippen LogP contribution in [0.15, 0.2) is 18.2 Å². The Bertz CT molecular complexity index is 476. The van der Waals surface area contributed by atoms with E-state index in [4.69, 9.17) is 11.6 Å². The third-order valence-electron chi connectivity index (χ3n) is 5.17. The van der Waals surface area contributed by atoms with E-state index in [2.05, 4.69) is 5.32 Å². The first kappa shape index (κ1) is 13.4. The Kier molecular flexibility index (Phi) is 3.57. The summed E-state index contributed by atoms with van der Waals surface area (Å²) in [5.74, 6) is 1.42. The van der Waals surface area contributed by atoms with Crippen molar-refractivity contribution in [3.63, 3.8) is 0 Å². The van der Waals surface area contributed by atoms with Crippen molar-refractivity contribution in [3.05, 3.63) is 34.6 Å². The van der Waals surface area contributed by atoms with Gasteiger partial charge in [-0.2, -0.15) is 0 Å². The van der Waals surface area contributed by atoms with Crippen molar-refractivity contribution in [2.24, 2.45) is 17.3 Å². The molecule has 2 saturated carbocycles. The SMILES string of the molecule is CNCC1(Cc2ccc(F)c(Cl)c2)CC2CCC1C2. The fraction of sp³-hybridized carbons (Fsp3) is 0.625. The van der Waals surface area contributed by atoms with E-state index < -0.39 is 0 Å². The molecule has 104 valence electrons. The van der Waals surface area contributed by atoms with Gasteiger partial charge in [0.1, 0.15) is 5.82 Å². The molecule has 0 aliphatic heterocycles. The van der Waals surface area contributed by atoms with Gasteiger partial charge in [0.2, 0.25) is 0 Å². The molecule has 19 heavy (non-hydrogen) atoms. The molecule has 2 aliphatic rings. The fourth-order valence-corrected chi connectivity index (χ4v) is 4.66. The molecule has 3 heteroatoms.